The van der Waals surface area contributed by atoms with Gasteiger partial charge in [-0.2, -0.15) is 18.4 Å². The number of benzene rings is 1. The Hall–Kier alpha value is -2.97. The third kappa shape index (κ3) is 2.72. The van der Waals surface area contributed by atoms with E-state index < -0.39 is 70.1 Å². The number of amides is 2. The molecule has 2 unspecified atom stereocenters. The molecule has 6 atom stereocenters. The predicted molar refractivity (Wildman–Crippen MR) is 99.7 cm³/mol. The van der Waals surface area contributed by atoms with Crippen LogP contribution in [0.15, 0.2) is 18.2 Å². The molecule has 0 radical (unpaired) electrons. The molecule has 2 amide bonds. The lowest BCUT2D eigenvalue weighted by Crippen LogP contribution is -2.54. The van der Waals surface area contributed by atoms with Gasteiger partial charge in [0.15, 0.2) is 0 Å². The van der Waals surface area contributed by atoms with Gasteiger partial charge in [0.2, 0.25) is 11.8 Å². The van der Waals surface area contributed by atoms with Crippen molar-refractivity contribution in [3.63, 3.8) is 0 Å². The average molecular weight is 452 g/mol. The van der Waals surface area contributed by atoms with Crippen LogP contribution < -0.4 is 4.90 Å². The van der Waals surface area contributed by atoms with Crippen molar-refractivity contribution in [1.82, 2.24) is 0 Å². The molecule has 0 spiro atoms. The van der Waals surface area contributed by atoms with E-state index in [9.17, 15) is 32.7 Å². The second-order valence-electron chi connectivity index (χ2n) is 8.61. The Balaban J connectivity index is 1.78. The van der Waals surface area contributed by atoms with E-state index in [4.69, 9.17) is 10.00 Å². The maximum absolute atomic E-state index is 13.4. The SMILES string of the molecule is COC(=O)C[C@H]1[C@H](O)C2(C)OC1(C)[C@H]1C(=O)N(c3ccc(C#N)c(C(F)(F)F)c3)C(=O)[C@H]12. The Labute approximate surface area is 180 Å². The molecule has 1 N–H and O–H groups in total. The molecule has 4 rings (SSSR count). The van der Waals surface area contributed by atoms with Crippen LogP contribution in [0.2, 0.25) is 0 Å². The summed E-state index contributed by atoms with van der Waals surface area (Å²) in [7, 11) is 1.17. The fraction of sp³-hybridized carbons (Fsp3) is 0.524. The fourth-order valence-electron chi connectivity index (χ4n) is 5.52. The molecule has 3 aliphatic heterocycles. The van der Waals surface area contributed by atoms with Gasteiger partial charge in [-0.3, -0.25) is 14.4 Å². The van der Waals surface area contributed by atoms with Crippen LogP contribution in [-0.4, -0.2) is 47.3 Å². The summed E-state index contributed by atoms with van der Waals surface area (Å²) in [4.78, 5) is 39.1. The third-order valence-electron chi connectivity index (χ3n) is 6.99. The van der Waals surface area contributed by atoms with E-state index in [1.165, 1.54) is 27.0 Å². The van der Waals surface area contributed by atoms with E-state index in [0.717, 1.165) is 12.1 Å². The highest BCUT2D eigenvalue weighted by Crippen LogP contribution is 2.64. The van der Waals surface area contributed by atoms with Gasteiger partial charge >= 0.3 is 12.1 Å². The van der Waals surface area contributed by atoms with E-state index in [-0.39, 0.29) is 12.1 Å². The summed E-state index contributed by atoms with van der Waals surface area (Å²) in [5.74, 6) is -5.34. The number of carbonyl (C=O) groups excluding carboxylic acids is 3. The van der Waals surface area contributed by atoms with E-state index in [1.807, 2.05) is 0 Å². The van der Waals surface area contributed by atoms with Crippen LogP contribution in [0.1, 0.15) is 31.4 Å². The first kappa shape index (κ1) is 22.2. The average Bonchev–Trinajstić information content (AvgIpc) is 3.22. The molecule has 3 aliphatic rings. The molecular weight excluding hydrogens is 433 g/mol. The highest BCUT2D eigenvalue weighted by atomic mass is 19.4. The number of methoxy groups -OCH3 is 1. The summed E-state index contributed by atoms with van der Waals surface area (Å²) in [6, 6.07) is 4.03. The second-order valence-corrected chi connectivity index (χ2v) is 8.61. The van der Waals surface area contributed by atoms with Crippen molar-refractivity contribution < 1.29 is 42.1 Å². The Morgan fingerprint density at radius 2 is 1.84 bits per heavy atom. The minimum atomic E-state index is -4.87. The zero-order valence-corrected chi connectivity index (χ0v) is 17.3. The number of esters is 1. The van der Waals surface area contributed by atoms with Crippen molar-refractivity contribution >= 4 is 23.5 Å². The first-order valence-corrected chi connectivity index (χ1v) is 9.75. The molecule has 11 heteroatoms. The number of hydrogen-bond donors (Lipinski definition) is 1. The topological polar surface area (TPSA) is 117 Å². The minimum Gasteiger partial charge on any atom is -0.469 e. The number of nitriles is 1. The van der Waals surface area contributed by atoms with E-state index >= 15 is 0 Å². The number of halogens is 3. The van der Waals surface area contributed by atoms with Crippen molar-refractivity contribution in [2.24, 2.45) is 17.8 Å². The number of nitrogens with zero attached hydrogens (tertiary/aromatic N) is 2. The number of alkyl halides is 3. The van der Waals surface area contributed by atoms with Gasteiger partial charge in [-0.1, -0.05) is 0 Å². The largest absolute Gasteiger partial charge is 0.469 e. The van der Waals surface area contributed by atoms with Crippen LogP contribution in [0.4, 0.5) is 18.9 Å². The Morgan fingerprint density at radius 1 is 1.25 bits per heavy atom. The van der Waals surface area contributed by atoms with Gasteiger partial charge in [0.1, 0.15) is 5.60 Å². The minimum absolute atomic E-state index is 0.260. The lowest BCUT2D eigenvalue weighted by Gasteiger charge is -2.38. The number of carbonyl (C=O) groups is 3. The van der Waals surface area contributed by atoms with Gasteiger partial charge in [-0.05, 0) is 32.0 Å². The van der Waals surface area contributed by atoms with E-state index in [2.05, 4.69) is 4.74 Å². The van der Waals surface area contributed by atoms with Crippen molar-refractivity contribution in [2.75, 3.05) is 12.0 Å². The molecule has 8 nitrogen and oxygen atoms in total. The summed E-state index contributed by atoms with van der Waals surface area (Å²) in [5, 5.41) is 19.9. The highest BCUT2D eigenvalue weighted by molar-refractivity contribution is 6.23. The van der Waals surface area contributed by atoms with Gasteiger partial charge in [0.05, 0.1) is 60.0 Å². The van der Waals surface area contributed by atoms with Crippen LogP contribution >= 0.6 is 0 Å². The first-order chi connectivity index (χ1) is 14.8. The number of hydrogen-bond acceptors (Lipinski definition) is 7. The zero-order chi connectivity index (χ0) is 23.8. The number of aliphatic hydroxyl groups excluding tert-OH is 1. The van der Waals surface area contributed by atoms with Gasteiger partial charge in [0.25, 0.3) is 0 Å². The molecule has 0 aliphatic carbocycles. The molecule has 32 heavy (non-hydrogen) atoms. The lowest BCUT2D eigenvalue weighted by atomic mass is 9.61. The van der Waals surface area contributed by atoms with Gasteiger partial charge in [-0.15, -0.1) is 0 Å². The summed E-state index contributed by atoms with van der Waals surface area (Å²) < 4.78 is 50.9. The van der Waals surface area contributed by atoms with Crippen molar-refractivity contribution in [3.05, 3.63) is 29.3 Å². The van der Waals surface area contributed by atoms with Crippen LogP contribution in [0.25, 0.3) is 0 Å². The normalized spacial score (nSPS) is 35.8. The standard InChI is InChI=1S/C21H19F3N2O6/c1-19-12(7-13(27)31-3)16(28)20(2,32-19)15-14(19)17(29)26(18(15)30)10-5-4-9(8-25)11(6-10)21(22,23)24/h4-6,12,14-16,28H,7H2,1-3H3/t12-,14+,15-,16-,19?,20?/m0/s1. The summed E-state index contributed by atoms with van der Waals surface area (Å²) in [6.07, 6.45) is -6.41. The molecule has 3 heterocycles. The molecule has 1 aromatic carbocycles. The summed E-state index contributed by atoms with van der Waals surface area (Å²) in [6.45, 7) is 2.96. The molecule has 0 aromatic heterocycles. The number of aliphatic hydroxyl groups is 1. The molecular formula is C21H19F3N2O6. The van der Waals surface area contributed by atoms with E-state index in [0.29, 0.717) is 11.0 Å². The van der Waals surface area contributed by atoms with Gasteiger partial charge in [-0.25, -0.2) is 4.90 Å². The molecule has 3 fully saturated rings. The Morgan fingerprint density at radius 3 is 2.38 bits per heavy atom. The monoisotopic (exact) mass is 452 g/mol. The second kappa shape index (κ2) is 6.76. The molecule has 3 saturated heterocycles. The van der Waals surface area contributed by atoms with Gasteiger partial charge < -0.3 is 14.6 Å². The molecule has 1 aromatic rings. The summed E-state index contributed by atoms with van der Waals surface area (Å²) in [5.41, 5.74) is -5.16. The predicted octanol–water partition coefficient (Wildman–Crippen LogP) is 1.78. The van der Waals surface area contributed by atoms with Crippen LogP contribution in [0, 0.1) is 29.1 Å². The highest BCUT2D eigenvalue weighted by Gasteiger charge is 2.79. The van der Waals surface area contributed by atoms with Crippen LogP contribution in [-0.2, 0) is 30.0 Å². The number of ether oxygens (including phenoxy) is 2. The maximum Gasteiger partial charge on any atom is 0.417 e. The lowest BCUT2D eigenvalue weighted by molar-refractivity contribution is -0.146. The molecule has 0 saturated carbocycles. The number of fused-ring (bicyclic) bond motifs is 5. The van der Waals surface area contributed by atoms with Crippen molar-refractivity contribution in [1.29, 1.82) is 5.26 Å². The molecule has 170 valence electrons. The first-order valence-electron chi connectivity index (χ1n) is 9.75. The van der Waals surface area contributed by atoms with Gasteiger partial charge in [0, 0.05) is 5.92 Å². The van der Waals surface area contributed by atoms with Crippen LogP contribution in [0.3, 0.4) is 0 Å². The van der Waals surface area contributed by atoms with Crippen LogP contribution in [0.5, 0.6) is 0 Å². The zero-order valence-electron chi connectivity index (χ0n) is 17.3. The number of rotatable bonds is 3. The Kier molecular flexibility index (Phi) is 4.70. The molecule has 2 bridgehead atoms. The van der Waals surface area contributed by atoms with Crippen molar-refractivity contribution in [2.45, 2.75) is 43.8 Å². The van der Waals surface area contributed by atoms with Crippen molar-refractivity contribution in [3.8, 4) is 6.07 Å². The quantitative estimate of drug-likeness (QED) is 0.549. The maximum atomic E-state index is 13.4. The Bertz CT molecular complexity index is 1080. The van der Waals surface area contributed by atoms with E-state index in [1.54, 1.807) is 0 Å². The smallest absolute Gasteiger partial charge is 0.417 e. The summed E-state index contributed by atoms with van der Waals surface area (Å²) >= 11 is 0. The fourth-order valence-corrected chi connectivity index (χ4v) is 5.52. The third-order valence-corrected chi connectivity index (χ3v) is 6.99. The number of imide groups is 1. The number of anilines is 1.